The molecule has 42 heavy (non-hydrogen) atoms. The summed E-state index contributed by atoms with van der Waals surface area (Å²) < 4.78 is 41.3. The number of carbonyl (C=O) groups is 2. The number of hydrogen-bond acceptors (Lipinski definition) is 9. The molecule has 1 atom stereocenters. The lowest BCUT2D eigenvalue weighted by Gasteiger charge is -2.34. The van der Waals surface area contributed by atoms with Crippen molar-refractivity contribution in [3.63, 3.8) is 0 Å². The van der Waals surface area contributed by atoms with E-state index in [2.05, 4.69) is 36.2 Å². The summed E-state index contributed by atoms with van der Waals surface area (Å²) in [5, 5.41) is 7.28. The zero-order valence-corrected chi connectivity index (χ0v) is 26.0. The van der Waals surface area contributed by atoms with Gasteiger partial charge in [-0.2, -0.15) is 5.10 Å². The normalized spacial score (nSPS) is 18.5. The Labute approximate surface area is 254 Å². The quantitative estimate of drug-likeness (QED) is 0.364. The van der Waals surface area contributed by atoms with Crippen molar-refractivity contribution in [1.29, 1.82) is 0 Å². The molecule has 2 amide bonds. The summed E-state index contributed by atoms with van der Waals surface area (Å²) in [6.07, 6.45) is 0.454. The number of hydrogen-bond donors (Lipinski definition) is 2. The number of aromatic nitrogens is 3. The summed E-state index contributed by atoms with van der Waals surface area (Å²) in [4.78, 5) is 33.6. The molecule has 0 radical (unpaired) electrons. The van der Waals surface area contributed by atoms with Gasteiger partial charge in [-0.25, -0.2) is 23.1 Å². The van der Waals surface area contributed by atoms with Gasteiger partial charge >= 0.3 is 6.09 Å². The van der Waals surface area contributed by atoms with Crippen LogP contribution in [0, 0.1) is 0 Å². The maximum atomic E-state index is 13.7. The summed E-state index contributed by atoms with van der Waals surface area (Å²) in [7, 11) is 0. The van der Waals surface area contributed by atoms with Crippen molar-refractivity contribution in [2.24, 2.45) is 0 Å². The molecule has 0 aliphatic carbocycles. The van der Waals surface area contributed by atoms with Crippen molar-refractivity contribution in [3.8, 4) is 5.75 Å². The number of piperidine rings is 2. The van der Waals surface area contributed by atoms with Crippen LogP contribution in [0.25, 0.3) is 5.52 Å². The largest absolute Gasteiger partial charge is 0.489 e. The highest BCUT2D eigenvalue weighted by atomic mass is 79.9. The number of thiophene rings is 1. The van der Waals surface area contributed by atoms with Gasteiger partial charge < -0.3 is 30.3 Å². The minimum atomic E-state index is -2.73. The predicted octanol–water partition coefficient (Wildman–Crippen LogP) is 5.25. The Morgan fingerprint density at radius 2 is 1.93 bits per heavy atom. The third kappa shape index (κ3) is 6.72. The molecular weight excluding hydrogens is 636 g/mol. The van der Waals surface area contributed by atoms with Gasteiger partial charge in [-0.1, -0.05) is 0 Å². The van der Waals surface area contributed by atoms with Crippen LogP contribution in [0.4, 0.5) is 25.1 Å². The van der Waals surface area contributed by atoms with Crippen LogP contribution in [0.2, 0.25) is 0 Å². The van der Waals surface area contributed by atoms with Crippen LogP contribution in [0.15, 0.2) is 23.1 Å². The van der Waals surface area contributed by atoms with Crippen LogP contribution >= 0.6 is 27.3 Å². The number of rotatable bonds is 6. The number of anilines is 2. The number of amides is 2. The van der Waals surface area contributed by atoms with E-state index in [4.69, 9.17) is 15.2 Å². The van der Waals surface area contributed by atoms with Crippen LogP contribution in [0.5, 0.6) is 5.75 Å². The number of likely N-dealkylation sites (tertiary alicyclic amines) is 1. The van der Waals surface area contributed by atoms with E-state index in [0.717, 1.165) is 41.0 Å². The third-order valence-corrected chi connectivity index (χ3v) is 8.83. The number of nitrogens with two attached hydrogens (primary N) is 1. The van der Waals surface area contributed by atoms with Crippen molar-refractivity contribution in [2.45, 2.75) is 70.6 Å². The molecule has 0 spiro atoms. The molecule has 5 rings (SSSR count). The molecule has 0 unspecified atom stereocenters. The van der Waals surface area contributed by atoms with Crippen LogP contribution < -0.4 is 20.7 Å². The van der Waals surface area contributed by atoms with Gasteiger partial charge in [0.1, 0.15) is 38.8 Å². The summed E-state index contributed by atoms with van der Waals surface area (Å²) >= 11 is 4.25. The molecule has 11 nitrogen and oxygen atoms in total. The minimum absolute atomic E-state index is 0.117. The number of nitrogens with zero attached hydrogens (tertiary/aromatic N) is 5. The van der Waals surface area contributed by atoms with Crippen molar-refractivity contribution in [3.05, 3.63) is 32.8 Å². The molecule has 2 fully saturated rings. The molecular formula is C27H34BrF2N7O4S. The molecule has 15 heteroatoms. The second kappa shape index (κ2) is 12.2. The first-order valence-electron chi connectivity index (χ1n) is 13.8. The van der Waals surface area contributed by atoms with Crippen LogP contribution in [-0.4, -0.2) is 75.4 Å². The number of nitrogens with one attached hydrogen (secondary N) is 1. The monoisotopic (exact) mass is 669 g/mol. The summed E-state index contributed by atoms with van der Waals surface area (Å²) in [6, 6.07) is 2.94. The van der Waals surface area contributed by atoms with E-state index in [1.807, 2.05) is 26.8 Å². The van der Waals surface area contributed by atoms with E-state index >= 15 is 0 Å². The first-order chi connectivity index (χ1) is 19.9. The fourth-order valence-corrected chi connectivity index (χ4v) is 6.56. The molecule has 3 aromatic rings. The Hall–Kier alpha value is -3.20. The smallest absolute Gasteiger partial charge is 0.410 e. The first kappa shape index (κ1) is 30.3. The van der Waals surface area contributed by atoms with Gasteiger partial charge in [0, 0.05) is 51.1 Å². The maximum Gasteiger partial charge on any atom is 0.410 e. The van der Waals surface area contributed by atoms with E-state index in [0.29, 0.717) is 43.8 Å². The second-order valence-electron chi connectivity index (χ2n) is 11.4. The van der Waals surface area contributed by atoms with E-state index in [-0.39, 0.29) is 27.6 Å². The molecule has 228 valence electrons. The van der Waals surface area contributed by atoms with Gasteiger partial charge in [0.2, 0.25) is 0 Å². The van der Waals surface area contributed by atoms with E-state index in [1.54, 1.807) is 9.42 Å². The van der Waals surface area contributed by atoms with Gasteiger partial charge in [-0.3, -0.25) is 4.79 Å². The Morgan fingerprint density at radius 1 is 1.19 bits per heavy atom. The molecule has 0 bridgehead atoms. The fourth-order valence-electron chi connectivity index (χ4n) is 5.22. The Bertz CT molecular complexity index is 1450. The maximum absolute atomic E-state index is 13.7. The first-order valence-corrected chi connectivity index (χ1v) is 15.4. The molecule has 2 aliphatic heterocycles. The SMILES string of the molecule is CC(C)(C)OC(=O)N1CCC(Oc2cc(C(F)F)sc2C(=O)N[C@@H]2CCCN(c3cc(Br)n4ncnc(N)c34)C2)CC1. The minimum Gasteiger partial charge on any atom is -0.489 e. The van der Waals surface area contributed by atoms with E-state index in [9.17, 15) is 18.4 Å². The van der Waals surface area contributed by atoms with E-state index < -0.39 is 24.0 Å². The van der Waals surface area contributed by atoms with Gasteiger partial charge in [0.25, 0.3) is 12.3 Å². The lowest BCUT2D eigenvalue weighted by atomic mass is 10.0. The van der Waals surface area contributed by atoms with Crippen molar-refractivity contribution < 1.29 is 27.8 Å². The number of ether oxygens (including phenoxy) is 2. The fraction of sp³-hybridized carbons (Fsp3) is 0.556. The zero-order chi connectivity index (χ0) is 30.2. The molecule has 3 aromatic heterocycles. The molecule has 0 saturated carbocycles. The summed E-state index contributed by atoms with van der Waals surface area (Å²) in [5.74, 6) is 0.0304. The Kier molecular flexibility index (Phi) is 8.78. The van der Waals surface area contributed by atoms with Crippen molar-refractivity contribution in [2.75, 3.05) is 36.8 Å². The molecule has 2 saturated heterocycles. The van der Waals surface area contributed by atoms with Crippen LogP contribution in [0.3, 0.4) is 0 Å². The number of fused-ring (bicyclic) bond motifs is 1. The second-order valence-corrected chi connectivity index (χ2v) is 13.3. The number of alkyl halides is 2. The third-order valence-electron chi connectivity index (χ3n) is 7.14. The zero-order valence-electron chi connectivity index (χ0n) is 23.6. The molecule has 5 heterocycles. The molecule has 3 N–H and O–H groups in total. The Morgan fingerprint density at radius 3 is 2.62 bits per heavy atom. The average Bonchev–Trinajstić information content (AvgIpc) is 3.51. The van der Waals surface area contributed by atoms with E-state index in [1.165, 1.54) is 12.4 Å². The highest BCUT2D eigenvalue weighted by Gasteiger charge is 2.31. The number of carbonyl (C=O) groups excluding carboxylic acids is 2. The van der Waals surface area contributed by atoms with Gasteiger partial charge in [0.05, 0.1) is 10.6 Å². The highest BCUT2D eigenvalue weighted by Crippen LogP contribution is 2.37. The lowest BCUT2D eigenvalue weighted by molar-refractivity contribution is 0.0126. The Balaban J connectivity index is 1.25. The van der Waals surface area contributed by atoms with Crippen molar-refractivity contribution >= 4 is 56.3 Å². The highest BCUT2D eigenvalue weighted by molar-refractivity contribution is 9.10. The summed E-state index contributed by atoms with van der Waals surface area (Å²) in [6.45, 7) is 7.48. The average molecular weight is 671 g/mol. The van der Waals surface area contributed by atoms with Crippen molar-refractivity contribution in [1.82, 2.24) is 24.8 Å². The standard InChI is InChI=1S/C27H34BrF2N7O4S/c1-27(2,3)41-26(39)35-9-6-16(7-10-35)40-18-12-19(23(29)30)42-22(18)25(38)34-15-5-4-8-36(13-15)17-11-20(28)37-21(17)24(31)32-14-33-37/h11-12,14-16,23H,4-10,13H2,1-3H3,(H,34,38)(H2,31,32,33)/t15-/m1/s1. The lowest BCUT2D eigenvalue weighted by Crippen LogP contribution is -2.47. The summed E-state index contributed by atoms with van der Waals surface area (Å²) in [5.41, 5.74) is 7.06. The van der Waals surface area contributed by atoms with Crippen LogP contribution in [0.1, 0.15) is 67.4 Å². The molecule has 2 aliphatic rings. The number of halogens is 3. The van der Waals surface area contributed by atoms with Gasteiger partial charge in [-0.05, 0) is 55.6 Å². The predicted molar refractivity (Wildman–Crippen MR) is 159 cm³/mol. The molecule has 0 aromatic carbocycles. The van der Waals surface area contributed by atoms with Crippen LogP contribution in [-0.2, 0) is 4.74 Å². The van der Waals surface area contributed by atoms with Gasteiger partial charge in [-0.15, -0.1) is 11.3 Å². The topological polar surface area (TPSA) is 127 Å². The van der Waals surface area contributed by atoms with Gasteiger partial charge in [0.15, 0.2) is 5.82 Å². The number of nitrogen functional groups attached to an aromatic ring is 1.